The van der Waals surface area contributed by atoms with Crippen LogP contribution in [0.4, 0.5) is 5.69 Å². The molecule has 2 heterocycles. The first-order chi connectivity index (χ1) is 10.6. The molecule has 0 aliphatic carbocycles. The molecule has 0 spiro atoms. The van der Waals surface area contributed by atoms with Crippen LogP contribution in [-0.4, -0.2) is 20.3 Å². The predicted molar refractivity (Wildman–Crippen MR) is 83.9 cm³/mol. The van der Waals surface area contributed by atoms with E-state index in [0.717, 1.165) is 42.8 Å². The van der Waals surface area contributed by atoms with Crippen LogP contribution in [0.5, 0.6) is 0 Å². The second-order valence-electron chi connectivity index (χ2n) is 5.74. The van der Waals surface area contributed by atoms with Crippen LogP contribution < -0.4 is 11.0 Å². The SMILES string of the molecule is Cc1cccc(NC(=O)Cn2nc3n(c2=O)CCCCC3)c1. The van der Waals surface area contributed by atoms with Crippen molar-refractivity contribution < 1.29 is 4.79 Å². The van der Waals surface area contributed by atoms with Crippen LogP contribution in [0.25, 0.3) is 0 Å². The maximum Gasteiger partial charge on any atom is 0.346 e. The van der Waals surface area contributed by atoms with E-state index in [2.05, 4.69) is 10.4 Å². The van der Waals surface area contributed by atoms with Gasteiger partial charge in [-0.25, -0.2) is 9.48 Å². The van der Waals surface area contributed by atoms with E-state index in [4.69, 9.17) is 0 Å². The molecule has 0 radical (unpaired) electrons. The van der Waals surface area contributed by atoms with Gasteiger partial charge in [-0.05, 0) is 37.5 Å². The summed E-state index contributed by atoms with van der Waals surface area (Å²) >= 11 is 0. The third kappa shape index (κ3) is 3.10. The fourth-order valence-corrected chi connectivity index (χ4v) is 2.79. The lowest BCUT2D eigenvalue weighted by molar-refractivity contribution is -0.117. The molecule has 2 aromatic rings. The Bertz CT molecular complexity index is 745. The van der Waals surface area contributed by atoms with Crippen LogP contribution in [0.1, 0.15) is 30.7 Å². The molecule has 0 unspecified atom stereocenters. The number of nitrogens with zero attached hydrogens (tertiary/aromatic N) is 3. The van der Waals surface area contributed by atoms with Gasteiger partial charge in [0, 0.05) is 18.7 Å². The van der Waals surface area contributed by atoms with E-state index in [1.165, 1.54) is 4.68 Å². The van der Waals surface area contributed by atoms with Gasteiger partial charge < -0.3 is 5.32 Å². The topological polar surface area (TPSA) is 68.9 Å². The molecular formula is C16H20N4O2. The second kappa shape index (κ2) is 6.17. The van der Waals surface area contributed by atoms with E-state index < -0.39 is 0 Å². The number of anilines is 1. The smallest absolute Gasteiger partial charge is 0.324 e. The van der Waals surface area contributed by atoms with Crippen molar-refractivity contribution in [2.45, 2.75) is 45.7 Å². The normalized spacial score (nSPS) is 14.2. The first kappa shape index (κ1) is 14.6. The number of benzene rings is 1. The van der Waals surface area contributed by atoms with E-state index in [1.54, 1.807) is 4.57 Å². The first-order valence-electron chi connectivity index (χ1n) is 7.66. The van der Waals surface area contributed by atoms with Crippen molar-refractivity contribution in [1.82, 2.24) is 14.3 Å². The largest absolute Gasteiger partial charge is 0.346 e. The van der Waals surface area contributed by atoms with Crippen molar-refractivity contribution in [3.63, 3.8) is 0 Å². The van der Waals surface area contributed by atoms with Crippen molar-refractivity contribution in [2.24, 2.45) is 0 Å². The Kier molecular flexibility index (Phi) is 4.09. The van der Waals surface area contributed by atoms with E-state index in [1.807, 2.05) is 31.2 Å². The zero-order chi connectivity index (χ0) is 15.5. The number of carbonyl (C=O) groups excluding carboxylic acids is 1. The summed E-state index contributed by atoms with van der Waals surface area (Å²) in [7, 11) is 0. The molecule has 1 aromatic heterocycles. The van der Waals surface area contributed by atoms with Gasteiger partial charge in [0.25, 0.3) is 0 Å². The number of hydrogen-bond donors (Lipinski definition) is 1. The molecule has 1 aromatic carbocycles. The minimum atomic E-state index is -0.235. The Hall–Kier alpha value is -2.37. The number of aryl methyl sites for hydroxylation is 2. The number of aromatic nitrogens is 3. The molecule has 0 fully saturated rings. The van der Waals surface area contributed by atoms with Crippen molar-refractivity contribution >= 4 is 11.6 Å². The lowest BCUT2D eigenvalue weighted by Gasteiger charge is -2.05. The van der Waals surface area contributed by atoms with E-state index in [-0.39, 0.29) is 18.1 Å². The van der Waals surface area contributed by atoms with Crippen LogP contribution in [0, 0.1) is 6.92 Å². The Balaban J connectivity index is 1.73. The quantitative estimate of drug-likeness (QED) is 0.938. The van der Waals surface area contributed by atoms with Crippen molar-refractivity contribution in [3.8, 4) is 0 Å². The number of nitrogens with one attached hydrogen (secondary N) is 1. The highest BCUT2D eigenvalue weighted by atomic mass is 16.2. The lowest BCUT2D eigenvalue weighted by atomic mass is 10.2. The highest BCUT2D eigenvalue weighted by Crippen LogP contribution is 2.11. The van der Waals surface area contributed by atoms with Gasteiger partial charge in [0.05, 0.1) is 0 Å². The number of hydrogen-bond acceptors (Lipinski definition) is 3. The molecule has 0 saturated heterocycles. The van der Waals surface area contributed by atoms with Crippen molar-refractivity contribution in [2.75, 3.05) is 5.32 Å². The number of carbonyl (C=O) groups is 1. The van der Waals surface area contributed by atoms with Crippen LogP contribution in [-0.2, 0) is 24.3 Å². The molecule has 0 bridgehead atoms. The summed E-state index contributed by atoms with van der Waals surface area (Å²) in [5, 5.41) is 7.12. The highest BCUT2D eigenvalue weighted by molar-refractivity contribution is 5.90. The third-order valence-electron chi connectivity index (χ3n) is 3.88. The van der Waals surface area contributed by atoms with Gasteiger partial charge in [-0.1, -0.05) is 18.6 Å². The predicted octanol–water partition coefficient (Wildman–Crippen LogP) is 1.72. The summed E-state index contributed by atoms with van der Waals surface area (Å²) in [6.45, 7) is 2.62. The second-order valence-corrected chi connectivity index (χ2v) is 5.74. The van der Waals surface area contributed by atoms with E-state index in [0.29, 0.717) is 6.54 Å². The zero-order valence-corrected chi connectivity index (χ0v) is 12.7. The van der Waals surface area contributed by atoms with E-state index in [9.17, 15) is 9.59 Å². The monoisotopic (exact) mass is 300 g/mol. The summed E-state index contributed by atoms with van der Waals surface area (Å²) in [5.41, 5.74) is 1.62. The molecule has 6 nitrogen and oxygen atoms in total. The standard InChI is InChI=1S/C16H20N4O2/c1-12-6-5-7-13(10-12)17-15(21)11-20-16(22)19-9-4-2-3-8-14(19)18-20/h5-7,10H,2-4,8-9,11H2,1H3,(H,17,21). The van der Waals surface area contributed by atoms with Crippen molar-refractivity contribution in [3.05, 3.63) is 46.1 Å². The maximum absolute atomic E-state index is 12.3. The molecule has 1 aliphatic rings. The molecule has 3 rings (SSSR count). The molecule has 1 N–H and O–H groups in total. The van der Waals surface area contributed by atoms with E-state index >= 15 is 0 Å². The molecule has 1 amide bonds. The summed E-state index contributed by atoms with van der Waals surface area (Å²) in [6, 6.07) is 7.57. The van der Waals surface area contributed by atoms with Gasteiger partial charge in [-0.3, -0.25) is 9.36 Å². The van der Waals surface area contributed by atoms with Crippen LogP contribution in [0.15, 0.2) is 29.1 Å². The van der Waals surface area contributed by atoms with Crippen molar-refractivity contribution in [1.29, 1.82) is 0 Å². The zero-order valence-electron chi connectivity index (χ0n) is 12.7. The molecule has 6 heteroatoms. The number of amides is 1. The van der Waals surface area contributed by atoms with Gasteiger partial charge in [0.15, 0.2) is 0 Å². The fourth-order valence-electron chi connectivity index (χ4n) is 2.79. The first-order valence-corrected chi connectivity index (χ1v) is 7.66. The Morgan fingerprint density at radius 1 is 1.32 bits per heavy atom. The number of fused-ring (bicyclic) bond motifs is 1. The minimum absolute atomic E-state index is 0.0488. The molecule has 116 valence electrons. The molecule has 22 heavy (non-hydrogen) atoms. The Labute approximate surface area is 128 Å². The molecule has 1 aliphatic heterocycles. The molecule has 0 saturated carbocycles. The summed E-state index contributed by atoms with van der Waals surface area (Å²) in [4.78, 5) is 24.4. The van der Waals surface area contributed by atoms with Crippen LogP contribution >= 0.6 is 0 Å². The molecular weight excluding hydrogens is 280 g/mol. The highest BCUT2D eigenvalue weighted by Gasteiger charge is 2.17. The van der Waals surface area contributed by atoms with Gasteiger partial charge in [-0.2, -0.15) is 5.10 Å². The average molecular weight is 300 g/mol. The summed E-state index contributed by atoms with van der Waals surface area (Å²) in [6.07, 6.45) is 3.97. The van der Waals surface area contributed by atoms with Crippen LogP contribution in [0.2, 0.25) is 0 Å². The maximum atomic E-state index is 12.3. The van der Waals surface area contributed by atoms with Gasteiger partial charge in [0.1, 0.15) is 12.4 Å². The fraction of sp³-hybridized carbons (Fsp3) is 0.438. The Morgan fingerprint density at radius 3 is 3.00 bits per heavy atom. The van der Waals surface area contributed by atoms with Gasteiger partial charge in [0.2, 0.25) is 5.91 Å². The van der Waals surface area contributed by atoms with Gasteiger partial charge in [-0.15, -0.1) is 0 Å². The summed E-state index contributed by atoms with van der Waals surface area (Å²) < 4.78 is 2.97. The van der Waals surface area contributed by atoms with Crippen LogP contribution in [0.3, 0.4) is 0 Å². The third-order valence-corrected chi connectivity index (χ3v) is 3.88. The summed E-state index contributed by atoms with van der Waals surface area (Å²) in [5.74, 6) is 0.562. The number of rotatable bonds is 3. The average Bonchev–Trinajstić information content (AvgIpc) is 2.65. The van der Waals surface area contributed by atoms with Gasteiger partial charge >= 0.3 is 5.69 Å². The minimum Gasteiger partial charge on any atom is -0.324 e. The Morgan fingerprint density at radius 2 is 2.18 bits per heavy atom. The lowest BCUT2D eigenvalue weighted by Crippen LogP contribution is -2.30. The molecule has 0 atom stereocenters.